The molecule has 0 bridgehead atoms. The highest BCUT2D eigenvalue weighted by Crippen LogP contribution is 2.31. The van der Waals surface area contributed by atoms with E-state index in [1.807, 2.05) is 0 Å². The fraction of sp³-hybridized carbons (Fsp3) is 1.00. The highest BCUT2D eigenvalue weighted by atomic mass is 16.6. The minimum absolute atomic E-state index is 0.275. The van der Waals surface area contributed by atoms with Crippen molar-refractivity contribution in [2.75, 3.05) is 0 Å². The second kappa shape index (κ2) is 3.41. The topological polar surface area (TPSA) is 83.6 Å². The van der Waals surface area contributed by atoms with Crippen LogP contribution in [0.2, 0.25) is 0 Å². The van der Waals surface area contributed by atoms with Crippen molar-refractivity contribution in [1.29, 1.82) is 0 Å². The minimum atomic E-state index is -1.83. The Morgan fingerprint density at radius 1 is 1.25 bits per heavy atom. The minimum Gasteiger partial charge on any atom is -0.422 e. The Balaban J connectivity index is 2.77. The van der Waals surface area contributed by atoms with Crippen LogP contribution < -0.4 is 0 Å². The van der Waals surface area contributed by atoms with E-state index in [0.717, 1.165) is 6.42 Å². The van der Waals surface area contributed by atoms with E-state index in [-0.39, 0.29) is 12.8 Å². The maximum atomic E-state index is 10.6. The van der Waals surface area contributed by atoms with Crippen LogP contribution in [0.25, 0.3) is 0 Å². The molecular formula is C6H12BNO4. The monoisotopic (exact) mass is 173 g/mol. The summed E-state index contributed by atoms with van der Waals surface area (Å²) in [7, 11) is -1.83. The Kier molecular flexibility index (Phi) is 2.69. The molecule has 0 aromatic rings. The Hall–Kier alpha value is -0.615. The van der Waals surface area contributed by atoms with Gasteiger partial charge in [0.05, 0.1) is 0 Å². The fourth-order valence-electron chi connectivity index (χ4n) is 1.70. The molecule has 0 aliphatic heterocycles. The first-order chi connectivity index (χ1) is 5.59. The normalized spacial score (nSPS) is 21.8. The number of hydrogen-bond acceptors (Lipinski definition) is 4. The van der Waals surface area contributed by atoms with Gasteiger partial charge in [0, 0.05) is 17.8 Å². The SMILES string of the molecule is O=[N+]([O-])C1(B(O)O)CCCCC1. The van der Waals surface area contributed by atoms with Gasteiger partial charge in [0.15, 0.2) is 0 Å². The van der Waals surface area contributed by atoms with Gasteiger partial charge in [-0.3, -0.25) is 10.1 Å². The molecule has 1 aliphatic carbocycles. The molecule has 0 aromatic heterocycles. The van der Waals surface area contributed by atoms with Gasteiger partial charge in [-0.25, -0.2) is 0 Å². The fourth-order valence-corrected chi connectivity index (χ4v) is 1.70. The van der Waals surface area contributed by atoms with Gasteiger partial charge in [0.25, 0.3) is 5.44 Å². The lowest BCUT2D eigenvalue weighted by Gasteiger charge is -2.27. The maximum Gasteiger partial charge on any atom is 0.537 e. The first-order valence-corrected chi connectivity index (χ1v) is 4.10. The van der Waals surface area contributed by atoms with Crippen LogP contribution in [0.4, 0.5) is 0 Å². The van der Waals surface area contributed by atoms with Crippen molar-refractivity contribution in [1.82, 2.24) is 0 Å². The summed E-state index contributed by atoms with van der Waals surface area (Å²) in [6.07, 6.45) is 2.91. The molecular weight excluding hydrogens is 161 g/mol. The van der Waals surface area contributed by atoms with E-state index in [4.69, 9.17) is 10.0 Å². The third-order valence-electron chi connectivity index (χ3n) is 2.56. The summed E-state index contributed by atoms with van der Waals surface area (Å²) in [5.74, 6) is 0. The smallest absolute Gasteiger partial charge is 0.422 e. The van der Waals surface area contributed by atoms with Crippen molar-refractivity contribution >= 4 is 7.12 Å². The van der Waals surface area contributed by atoms with Crippen molar-refractivity contribution in [3.05, 3.63) is 10.1 Å². The van der Waals surface area contributed by atoms with Crippen LogP contribution in [-0.4, -0.2) is 27.5 Å². The molecule has 0 heterocycles. The lowest BCUT2D eigenvalue weighted by molar-refractivity contribution is -0.552. The van der Waals surface area contributed by atoms with Crippen LogP contribution >= 0.6 is 0 Å². The largest absolute Gasteiger partial charge is 0.537 e. The average Bonchev–Trinajstić information content (AvgIpc) is 2.05. The van der Waals surface area contributed by atoms with E-state index in [1.54, 1.807) is 0 Å². The molecule has 1 fully saturated rings. The van der Waals surface area contributed by atoms with Crippen molar-refractivity contribution in [3.8, 4) is 0 Å². The lowest BCUT2D eigenvalue weighted by atomic mass is 9.58. The number of rotatable bonds is 2. The molecule has 2 N–H and O–H groups in total. The molecule has 0 radical (unpaired) electrons. The van der Waals surface area contributed by atoms with Crippen LogP contribution in [-0.2, 0) is 0 Å². The standard InChI is InChI=1S/C6H12BNO4/c9-7(10)6(8(11)12)4-2-1-3-5-6/h9-10H,1-5H2. The molecule has 12 heavy (non-hydrogen) atoms. The Morgan fingerprint density at radius 3 is 2.00 bits per heavy atom. The molecule has 0 aromatic carbocycles. The van der Waals surface area contributed by atoms with E-state index in [0.29, 0.717) is 12.8 Å². The lowest BCUT2D eigenvalue weighted by Crippen LogP contribution is -2.54. The average molecular weight is 173 g/mol. The van der Waals surface area contributed by atoms with Gasteiger partial charge in [-0.05, 0) is 12.8 Å². The maximum absolute atomic E-state index is 10.6. The zero-order chi connectivity index (χ0) is 9.19. The second-order valence-electron chi connectivity index (χ2n) is 3.30. The molecule has 0 spiro atoms. The van der Waals surface area contributed by atoms with Gasteiger partial charge in [0.2, 0.25) is 0 Å². The summed E-state index contributed by atoms with van der Waals surface area (Å²) in [5.41, 5.74) is -1.49. The molecule has 0 atom stereocenters. The third kappa shape index (κ3) is 1.44. The first kappa shape index (κ1) is 9.47. The van der Waals surface area contributed by atoms with Crippen LogP contribution in [0.15, 0.2) is 0 Å². The summed E-state index contributed by atoms with van der Waals surface area (Å²) in [6, 6.07) is 0. The summed E-state index contributed by atoms with van der Waals surface area (Å²) >= 11 is 0. The van der Waals surface area contributed by atoms with Gasteiger partial charge in [-0.2, -0.15) is 0 Å². The predicted octanol–water partition coefficient (Wildman–Crippen LogP) is -0.0220. The van der Waals surface area contributed by atoms with E-state index in [9.17, 15) is 10.1 Å². The van der Waals surface area contributed by atoms with E-state index < -0.39 is 17.5 Å². The zero-order valence-corrected chi connectivity index (χ0v) is 6.77. The summed E-state index contributed by atoms with van der Waals surface area (Å²) in [5, 5.41) is 28.4. The zero-order valence-electron chi connectivity index (χ0n) is 6.77. The second-order valence-corrected chi connectivity index (χ2v) is 3.30. The van der Waals surface area contributed by atoms with E-state index in [2.05, 4.69) is 0 Å². The van der Waals surface area contributed by atoms with Crippen molar-refractivity contribution in [3.63, 3.8) is 0 Å². The molecule has 0 amide bonds. The highest BCUT2D eigenvalue weighted by molar-refractivity contribution is 6.45. The number of hydrogen-bond donors (Lipinski definition) is 2. The van der Waals surface area contributed by atoms with Crippen molar-refractivity contribution in [2.45, 2.75) is 37.5 Å². The summed E-state index contributed by atoms with van der Waals surface area (Å²) in [4.78, 5) is 10.1. The Labute approximate surface area is 70.7 Å². The van der Waals surface area contributed by atoms with Crippen LogP contribution in [0.3, 0.4) is 0 Å². The van der Waals surface area contributed by atoms with E-state index in [1.165, 1.54) is 0 Å². The molecule has 0 saturated heterocycles. The number of nitro groups is 1. The van der Waals surface area contributed by atoms with Gasteiger partial charge in [-0.1, -0.05) is 6.42 Å². The van der Waals surface area contributed by atoms with Crippen LogP contribution in [0, 0.1) is 10.1 Å². The molecule has 5 nitrogen and oxygen atoms in total. The van der Waals surface area contributed by atoms with Crippen molar-refractivity contribution < 1.29 is 15.0 Å². The molecule has 1 aliphatic rings. The van der Waals surface area contributed by atoms with E-state index >= 15 is 0 Å². The molecule has 0 unspecified atom stereocenters. The molecule has 1 saturated carbocycles. The van der Waals surface area contributed by atoms with Crippen molar-refractivity contribution in [2.24, 2.45) is 0 Å². The molecule has 6 heteroatoms. The third-order valence-corrected chi connectivity index (χ3v) is 2.56. The Bertz CT molecular complexity index is 178. The summed E-state index contributed by atoms with van der Waals surface area (Å²) < 4.78 is 0. The quantitative estimate of drug-likeness (QED) is 0.349. The molecule has 68 valence electrons. The summed E-state index contributed by atoms with van der Waals surface area (Å²) in [6.45, 7) is 0. The van der Waals surface area contributed by atoms with Gasteiger partial charge in [-0.15, -0.1) is 0 Å². The molecule has 1 rings (SSSR count). The van der Waals surface area contributed by atoms with Gasteiger partial charge in [0.1, 0.15) is 0 Å². The number of nitrogens with zero attached hydrogens (tertiary/aromatic N) is 1. The highest BCUT2D eigenvalue weighted by Gasteiger charge is 2.54. The Morgan fingerprint density at radius 2 is 1.75 bits per heavy atom. The van der Waals surface area contributed by atoms with Gasteiger partial charge < -0.3 is 10.0 Å². The van der Waals surface area contributed by atoms with Crippen LogP contribution in [0.5, 0.6) is 0 Å². The van der Waals surface area contributed by atoms with Crippen LogP contribution in [0.1, 0.15) is 32.1 Å². The van der Waals surface area contributed by atoms with Gasteiger partial charge >= 0.3 is 7.12 Å². The predicted molar refractivity (Wildman–Crippen MR) is 43.0 cm³/mol. The first-order valence-electron chi connectivity index (χ1n) is 4.10.